The van der Waals surface area contributed by atoms with E-state index in [1.807, 2.05) is 11.4 Å². The van der Waals surface area contributed by atoms with Gasteiger partial charge in [0, 0.05) is 12.4 Å². The number of halogens is 2. The Balaban J connectivity index is 1.82. The lowest BCUT2D eigenvalue weighted by atomic mass is 10.5. The molecule has 0 bridgehead atoms. The second-order valence-corrected chi connectivity index (χ2v) is 5.51. The van der Waals surface area contributed by atoms with Crippen molar-refractivity contribution < 1.29 is 8.78 Å². The van der Waals surface area contributed by atoms with E-state index in [4.69, 9.17) is 0 Å². The Morgan fingerprint density at radius 3 is 3.05 bits per heavy atom. The third-order valence-corrected chi connectivity index (χ3v) is 4.53. The summed E-state index contributed by atoms with van der Waals surface area (Å²) in [6.45, 7) is -2.56. The van der Waals surface area contributed by atoms with Gasteiger partial charge in [-0.25, -0.2) is 15.0 Å². The van der Waals surface area contributed by atoms with Gasteiger partial charge in [0.25, 0.3) is 0 Å². The fourth-order valence-electron chi connectivity index (χ4n) is 1.64. The molecule has 4 nitrogen and oxygen atoms in total. The smallest absolute Gasteiger partial charge is 0.277 e. The SMILES string of the molecule is FC(F)n1ccnc1CSc1ncnc2ccsc12. The molecule has 0 unspecified atom stereocenters. The van der Waals surface area contributed by atoms with E-state index in [0.717, 1.165) is 19.8 Å². The molecule has 0 aliphatic heterocycles. The number of thioether (sulfide) groups is 1. The first kappa shape index (κ1) is 12.5. The maximum atomic E-state index is 12.7. The van der Waals surface area contributed by atoms with Gasteiger partial charge in [0.05, 0.1) is 16.0 Å². The summed E-state index contributed by atoms with van der Waals surface area (Å²) in [7, 11) is 0. The molecule has 0 saturated carbocycles. The van der Waals surface area contributed by atoms with Crippen LogP contribution in [-0.2, 0) is 5.75 Å². The van der Waals surface area contributed by atoms with E-state index in [2.05, 4.69) is 15.0 Å². The molecule has 0 atom stereocenters. The zero-order valence-electron chi connectivity index (χ0n) is 9.53. The number of fused-ring (bicyclic) bond motifs is 1. The number of thiophene rings is 1. The van der Waals surface area contributed by atoms with E-state index in [1.165, 1.54) is 30.5 Å². The maximum Gasteiger partial charge on any atom is 0.319 e. The molecule has 0 spiro atoms. The van der Waals surface area contributed by atoms with Crippen LogP contribution in [0.5, 0.6) is 0 Å². The molecule has 3 heterocycles. The highest BCUT2D eigenvalue weighted by Gasteiger charge is 2.13. The average molecular weight is 298 g/mol. The van der Waals surface area contributed by atoms with Crippen LogP contribution in [0.4, 0.5) is 8.78 Å². The lowest BCUT2D eigenvalue weighted by molar-refractivity contribution is 0.0678. The summed E-state index contributed by atoms with van der Waals surface area (Å²) in [5.74, 6) is 0.685. The Hall–Kier alpha value is -1.54. The minimum atomic E-state index is -2.56. The average Bonchev–Trinajstić information content (AvgIpc) is 3.04. The topological polar surface area (TPSA) is 43.6 Å². The predicted octanol–water partition coefficient (Wildman–Crippen LogP) is 3.58. The van der Waals surface area contributed by atoms with Crippen molar-refractivity contribution in [2.24, 2.45) is 0 Å². The van der Waals surface area contributed by atoms with Gasteiger partial charge in [-0.2, -0.15) is 8.78 Å². The van der Waals surface area contributed by atoms with E-state index < -0.39 is 6.55 Å². The third kappa shape index (κ3) is 2.45. The van der Waals surface area contributed by atoms with Gasteiger partial charge in [0.1, 0.15) is 17.2 Å². The van der Waals surface area contributed by atoms with Gasteiger partial charge in [-0.05, 0) is 11.4 Å². The highest BCUT2D eigenvalue weighted by Crippen LogP contribution is 2.30. The van der Waals surface area contributed by atoms with Gasteiger partial charge in [-0.15, -0.1) is 11.3 Å². The Labute approximate surface area is 115 Å². The lowest BCUT2D eigenvalue weighted by Crippen LogP contribution is -2.02. The van der Waals surface area contributed by atoms with Gasteiger partial charge in [0.2, 0.25) is 0 Å². The molecule has 0 saturated heterocycles. The van der Waals surface area contributed by atoms with Crippen molar-refractivity contribution in [3.63, 3.8) is 0 Å². The van der Waals surface area contributed by atoms with E-state index >= 15 is 0 Å². The van der Waals surface area contributed by atoms with Gasteiger partial charge in [-0.1, -0.05) is 11.8 Å². The summed E-state index contributed by atoms with van der Waals surface area (Å²) in [5.41, 5.74) is 0.875. The molecule has 0 N–H and O–H groups in total. The van der Waals surface area contributed by atoms with Crippen molar-refractivity contribution in [2.45, 2.75) is 17.3 Å². The molecule has 98 valence electrons. The first-order valence-electron chi connectivity index (χ1n) is 5.36. The molecule has 0 aliphatic rings. The van der Waals surface area contributed by atoms with E-state index in [0.29, 0.717) is 11.6 Å². The fourth-order valence-corrected chi connectivity index (χ4v) is 3.53. The number of rotatable bonds is 4. The van der Waals surface area contributed by atoms with Crippen LogP contribution in [0.2, 0.25) is 0 Å². The molecule has 3 aromatic heterocycles. The van der Waals surface area contributed by atoms with Crippen LogP contribution in [0.25, 0.3) is 10.2 Å². The van der Waals surface area contributed by atoms with E-state index in [-0.39, 0.29) is 0 Å². The van der Waals surface area contributed by atoms with Crippen LogP contribution in [0.1, 0.15) is 12.4 Å². The van der Waals surface area contributed by atoms with Crippen molar-refractivity contribution in [3.8, 4) is 0 Å². The largest absolute Gasteiger partial charge is 0.319 e. The molecule has 0 aromatic carbocycles. The first-order valence-corrected chi connectivity index (χ1v) is 7.23. The summed E-state index contributed by atoms with van der Waals surface area (Å²) in [6.07, 6.45) is 4.14. The Bertz CT molecular complexity index is 695. The van der Waals surface area contributed by atoms with Gasteiger partial charge < -0.3 is 0 Å². The molecule has 0 radical (unpaired) electrons. The lowest BCUT2D eigenvalue weighted by Gasteiger charge is -2.05. The fraction of sp³-hybridized carbons (Fsp3) is 0.182. The zero-order valence-corrected chi connectivity index (χ0v) is 11.2. The normalized spacial score (nSPS) is 11.5. The summed E-state index contributed by atoms with van der Waals surface area (Å²) >= 11 is 2.93. The minimum Gasteiger partial charge on any atom is -0.277 e. The summed E-state index contributed by atoms with van der Waals surface area (Å²) in [6, 6.07) is 1.91. The molecule has 8 heteroatoms. The minimum absolute atomic E-state index is 0.336. The number of imidazole rings is 1. The molecule has 3 aromatic rings. The standard InChI is InChI=1S/C11H8F2N4S2/c12-11(13)17-3-2-14-8(17)5-19-10-9-7(1-4-18-9)15-6-16-10/h1-4,6,11H,5H2. The summed E-state index contributed by atoms with van der Waals surface area (Å²) in [4.78, 5) is 12.3. The Morgan fingerprint density at radius 1 is 1.32 bits per heavy atom. The molecule has 19 heavy (non-hydrogen) atoms. The van der Waals surface area contributed by atoms with Crippen molar-refractivity contribution >= 4 is 33.3 Å². The van der Waals surface area contributed by atoms with Gasteiger partial charge in [-0.3, -0.25) is 4.57 Å². The van der Waals surface area contributed by atoms with Crippen LogP contribution in [0.3, 0.4) is 0 Å². The maximum absolute atomic E-state index is 12.7. The number of hydrogen-bond acceptors (Lipinski definition) is 5. The monoisotopic (exact) mass is 298 g/mol. The summed E-state index contributed by atoms with van der Waals surface area (Å²) < 4.78 is 27.2. The predicted molar refractivity (Wildman–Crippen MR) is 70.5 cm³/mol. The second kappa shape index (κ2) is 5.22. The number of aromatic nitrogens is 4. The highest BCUT2D eigenvalue weighted by molar-refractivity contribution is 7.98. The van der Waals surface area contributed by atoms with Crippen LogP contribution >= 0.6 is 23.1 Å². The number of hydrogen-bond donors (Lipinski definition) is 0. The Kier molecular flexibility index (Phi) is 3.43. The first-order chi connectivity index (χ1) is 9.25. The molecule has 0 amide bonds. The summed E-state index contributed by atoms with van der Waals surface area (Å²) in [5, 5.41) is 2.73. The highest BCUT2D eigenvalue weighted by atomic mass is 32.2. The van der Waals surface area contributed by atoms with Crippen molar-refractivity contribution in [3.05, 3.63) is 36.0 Å². The molecule has 3 rings (SSSR count). The molecule has 0 fully saturated rings. The van der Waals surface area contributed by atoms with Crippen molar-refractivity contribution in [2.75, 3.05) is 0 Å². The van der Waals surface area contributed by atoms with Crippen LogP contribution in [0.15, 0.2) is 35.2 Å². The van der Waals surface area contributed by atoms with Crippen LogP contribution in [-0.4, -0.2) is 19.5 Å². The Morgan fingerprint density at radius 2 is 2.21 bits per heavy atom. The molecule has 0 aliphatic carbocycles. The second-order valence-electron chi connectivity index (χ2n) is 3.63. The van der Waals surface area contributed by atoms with E-state index in [9.17, 15) is 8.78 Å². The van der Waals surface area contributed by atoms with Crippen LogP contribution < -0.4 is 0 Å². The number of nitrogens with zero attached hydrogens (tertiary/aromatic N) is 4. The molecular formula is C11H8F2N4S2. The quantitative estimate of drug-likeness (QED) is 0.545. The number of alkyl halides is 2. The van der Waals surface area contributed by atoms with Gasteiger partial charge in [0.15, 0.2) is 0 Å². The van der Waals surface area contributed by atoms with Crippen molar-refractivity contribution in [1.82, 2.24) is 19.5 Å². The molecular weight excluding hydrogens is 290 g/mol. The van der Waals surface area contributed by atoms with E-state index in [1.54, 1.807) is 11.3 Å². The zero-order chi connectivity index (χ0) is 13.2. The third-order valence-electron chi connectivity index (χ3n) is 2.51. The van der Waals surface area contributed by atoms with Gasteiger partial charge >= 0.3 is 6.55 Å². The van der Waals surface area contributed by atoms with Crippen molar-refractivity contribution in [1.29, 1.82) is 0 Å². The van der Waals surface area contributed by atoms with Crippen LogP contribution in [0, 0.1) is 0 Å².